The second-order valence-corrected chi connectivity index (χ2v) is 10.1. The highest BCUT2D eigenvalue weighted by molar-refractivity contribution is 9.10. The molecule has 0 radical (unpaired) electrons. The van der Waals surface area contributed by atoms with E-state index < -0.39 is 0 Å². The van der Waals surface area contributed by atoms with E-state index in [0.29, 0.717) is 39.5 Å². The Labute approximate surface area is 240 Å². The highest BCUT2D eigenvalue weighted by Gasteiger charge is 2.18. The first-order valence-electron chi connectivity index (χ1n) is 12.8. The maximum atomic E-state index is 13.4. The lowest BCUT2D eigenvalue weighted by Gasteiger charge is -2.16. The van der Waals surface area contributed by atoms with Crippen LogP contribution in [0.15, 0.2) is 69.0 Å². The van der Waals surface area contributed by atoms with Gasteiger partial charge in [0.25, 0.3) is 11.5 Å². The van der Waals surface area contributed by atoms with Gasteiger partial charge in [-0.15, -0.1) is 0 Å². The second kappa shape index (κ2) is 12.8. The van der Waals surface area contributed by atoms with Crippen molar-refractivity contribution in [2.24, 2.45) is 5.10 Å². The number of carbonyl (C=O) groups excluding carboxylic acids is 1. The van der Waals surface area contributed by atoms with E-state index >= 15 is 0 Å². The molecule has 40 heavy (non-hydrogen) atoms. The number of aromatic nitrogens is 2. The molecule has 10 heteroatoms. The number of amides is 1. The van der Waals surface area contributed by atoms with E-state index in [4.69, 9.17) is 19.2 Å². The van der Waals surface area contributed by atoms with E-state index in [9.17, 15) is 9.59 Å². The molecule has 0 saturated heterocycles. The zero-order chi connectivity index (χ0) is 28.8. The summed E-state index contributed by atoms with van der Waals surface area (Å²) in [4.78, 5) is 30.7. The first-order valence-corrected chi connectivity index (χ1v) is 13.6. The first-order chi connectivity index (χ1) is 19.2. The van der Waals surface area contributed by atoms with Gasteiger partial charge < -0.3 is 19.5 Å². The van der Waals surface area contributed by atoms with E-state index in [1.165, 1.54) is 18.9 Å². The molecule has 208 valence electrons. The number of aryl methyl sites for hydroxylation is 1. The molecule has 3 aromatic carbocycles. The van der Waals surface area contributed by atoms with Crippen molar-refractivity contribution >= 4 is 44.6 Å². The quantitative estimate of drug-likeness (QED) is 0.225. The molecule has 0 spiro atoms. The number of methoxy groups -OCH3 is 2. The molecular formula is C30H31BrN4O5. The molecule has 1 aromatic heterocycles. The van der Waals surface area contributed by atoms with Crippen LogP contribution in [-0.4, -0.2) is 42.6 Å². The highest BCUT2D eigenvalue weighted by atomic mass is 79.9. The number of nitrogens with one attached hydrogen (secondary N) is 1. The van der Waals surface area contributed by atoms with Crippen LogP contribution in [0.2, 0.25) is 0 Å². The summed E-state index contributed by atoms with van der Waals surface area (Å²) in [5.74, 6) is 1.22. The Balaban J connectivity index is 1.64. The number of halogens is 1. The summed E-state index contributed by atoms with van der Waals surface area (Å²) in [5, 5.41) is 7.82. The molecule has 0 fully saturated rings. The van der Waals surface area contributed by atoms with Gasteiger partial charge in [-0.25, -0.2) is 4.98 Å². The number of hydrogen-bond donors (Lipinski definition) is 1. The van der Waals surface area contributed by atoms with Gasteiger partial charge in [-0.1, -0.05) is 48.0 Å². The predicted molar refractivity (Wildman–Crippen MR) is 160 cm³/mol. The molecule has 1 atom stereocenters. The SMILES string of the molecule is CC[C@@H](C)c1nc2ccc(Br)cc2c(=O)n1N=Cc1cc(OC)c(OCC(=O)Nc2ccccc2C)c(OC)c1. The van der Waals surface area contributed by atoms with E-state index in [-0.39, 0.29) is 29.7 Å². The first kappa shape index (κ1) is 28.8. The van der Waals surface area contributed by atoms with E-state index in [2.05, 4.69) is 26.3 Å². The molecule has 1 heterocycles. The standard InChI is InChI=1S/C30H31BrN4O5/c1-6-18(2)29-34-24-12-11-21(31)15-22(24)30(37)35(29)32-16-20-13-25(38-4)28(26(14-20)39-5)40-17-27(36)33-23-10-8-7-9-19(23)3/h7-16,18H,6,17H2,1-5H3,(H,33,36)/t18-/m1/s1. The molecule has 1 amide bonds. The van der Waals surface area contributed by atoms with E-state index in [1.54, 1.807) is 24.4 Å². The zero-order valence-electron chi connectivity index (χ0n) is 23.0. The molecule has 4 aromatic rings. The molecule has 0 saturated carbocycles. The molecule has 4 rings (SSSR count). The third-order valence-corrected chi connectivity index (χ3v) is 6.95. The van der Waals surface area contributed by atoms with Crippen LogP contribution in [0.4, 0.5) is 5.69 Å². The largest absolute Gasteiger partial charge is 0.493 e. The fourth-order valence-electron chi connectivity index (χ4n) is 4.06. The number of para-hydroxylation sites is 1. The van der Waals surface area contributed by atoms with Gasteiger partial charge in [-0.2, -0.15) is 9.78 Å². The van der Waals surface area contributed by atoms with Gasteiger partial charge in [-0.3, -0.25) is 9.59 Å². The fourth-order valence-corrected chi connectivity index (χ4v) is 4.42. The average Bonchev–Trinajstić information content (AvgIpc) is 2.96. The third-order valence-electron chi connectivity index (χ3n) is 6.46. The summed E-state index contributed by atoms with van der Waals surface area (Å²) < 4.78 is 19.0. The Hall–Kier alpha value is -4.18. The Morgan fingerprint density at radius 1 is 1.12 bits per heavy atom. The minimum Gasteiger partial charge on any atom is -0.493 e. The fraction of sp³-hybridized carbons (Fsp3) is 0.267. The minimum absolute atomic E-state index is 0.00330. The van der Waals surface area contributed by atoms with Crippen molar-refractivity contribution in [3.05, 3.63) is 86.4 Å². The van der Waals surface area contributed by atoms with Crippen molar-refractivity contribution in [3.8, 4) is 17.2 Å². The maximum Gasteiger partial charge on any atom is 0.282 e. The van der Waals surface area contributed by atoms with Crippen LogP contribution in [0, 0.1) is 6.92 Å². The van der Waals surface area contributed by atoms with Gasteiger partial charge in [-0.05, 0) is 55.3 Å². The van der Waals surface area contributed by atoms with Crippen molar-refractivity contribution in [2.45, 2.75) is 33.1 Å². The number of carbonyl (C=O) groups is 1. The molecule has 9 nitrogen and oxygen atoms in total. The van der Waals surface area contributed by atoms with Crippen LogP contribution in [0.3, 0.4) is 0 Å². The summed E-state index contributed by atoms with van der Waals surface area (Å²) in [6.07, 6.45) is 2.33. The Bertz CT molecular complexity index is 1610. The smallest absolute Gasteiger partial charge is 0.282 e. The van der Waals surface area contributed by atoms with Crippen molar-refractivity contribution in [3.63, 3.8) is 0 Å². The van der Waals surface area contributed by atoms with Crippen LogP contribution in [0.1, 0.15) is 43.1 Å². The van der Waals surface area contributed by atoms with Gasteiger partial charge in [0, 0.05) is 21.6 Å². The lowest BCUT2D eigenvalue weighted by atomic mass is 10.1. The number of nitrogens with zero attached hydrogens (tertiary/aromatic N) is 3. The topological polar surface area (TPSA) is 104 Å². The summed E-state index contributed by atoms with van der Waals surface area (Å²) >= 11 is 3.43. The number of fused-ring (bicyclic) bond motifs is 1. The third kappa shape index (κ3) is 6.34. The van der Waals surface area contributed by atoms with E-state index in [0.717, 1.165) is 16.5 Å². The second-order valence-electron chi connectivity index (χ2n) is 9.21. The van der Waals surface area contributed by atoms with E-state index in [1.807, 2.05) is 57.2 Å². The van der Waals surface area contributed by atoms with Crippen molar-refractivity contribution in [1.29, 1.82) is 0 Å². The van der Waals surface area contributed by atoms with Gasteiger partial charge >= 0.3 is 0 Å². The Morgan fingerprint density at radius 2 is 1.82 bits per heavy atom. The summed E-state index contributed by atoms with van der Waals surface area (Å²) in [5.41, 5.74) is 2.60. The van der Waals surface area contributed by atoms with Crippen molar-refractivity contribution < 1.29 is 19.0 Å². The zero-order valence-corrected chi connectivity index (χ0v) is 24.6. The predicted octanol–water partition coefficient (Wildman–Crippen LogP) is 5.90. The van der Waals surface area contributed by atoms with Gasteiger partial charge in [0.05, 0.1) is 31.3 Å². The summed E-state index contributed by atoms with van der Waals surface area (Å²) in [6.45, 7) is 5.70. The highest BCUT2D eigenvalue weighted by Crippen LogP contribution is 2.38. The number of rotatable bonds is 10. The number of hydrogen-bond acceptors (Lipinski definition) is 7. The van der Waals surface area contributed by atoms with Crippen LogP contribution in [0.5, 0.6) is 17.2 Å². The lowest BCUT2D eigenvalue weighted by molar-refractivity contribution is -0.118. The number of benzene rings is 3. The molecule has 0 bridgehead atoms. The minimum atomic E-state index is -0.323. The summed E-state index contributed by atoms with van der Waals surface area (Å²) in [6, 6.07) is 16.3. The normalized spacial score (nSPS) is 11.9. The Morgan fingerprint density at radius 3 is 2.48 bits per heavy atom. The van der Waals surface area contributed by atoms with Crippen LogP contribution < -0.4 is 25.1 Å². The molecule has 0 aliphatic rings. The molecule has 0 unspecified atom stereocenters. The number of ether oxygens (including phenoxy) is 3. The monoisotopic (exact) mass is 606 g/mol. The van der Waals surface area contributed by atoms with Crippen molar-refractivity contribution in [2.75, 3.05) is 26.1 Å². The molecule has 1 N–H and O–H groups in total. The molecule has 0 aliphatic carbocycles. The lowest BCUT2D eigenvalue weighted by Crippen LogP contribution is -2.23. The van der Waals surface area contributed by atoms with Gasteiger partial charge in [0.15, 0.2) is 18.1 Å². The summed E-state index contributed by atoms with van der Waals surface area (Å²) in [7, 11) is 2.99. The Kier molecular flexibility index (Phi) is 9.21. The molecular weight excluding hydrogens is 576 g/mol. The average molecular weight is 608 g/mol. The van der Waals surface area contributed by atoms with Crippen LogP contribution in [0.25, 0.3) is 10.9 Å². The van der Waals surface area contributed by atoms with Gasteiger partial charge in [0.1, 0.15) is 5.82 Å². The van der Waals surface area contributed by atoms with Crippen molar-refractivity contribution in [1.82, 2.24) is 9.66 Å². The van der Waals surface area contributed by atoms with Crippen LogP contribution >= 0.6 is 15.9 Å². The van der Waals surface area contributed by atoms with Crippen LogP contribution in [-0.2, 0) is 4.79 Å². The van der Waals surface area contributed by atoms with Gasteiger partial charge in [0.2, 0.25) is 5.75 Å². The number of anilines is 1. The molecule has 0 aliphatic heterocycles. The maximum absolute atomic E-state index is 13.4.